The van der Waals surface area contributed by atoms with Crippen molar-refractivity contribution in [1.82, 2.24) is 4.90 Å². The molecule has 0 aromatic rings. The van der Waals surface area contributed by atoms with Crippen molar-refractivity contribution in [2.75, 3.05) is 26.3 Å². The molecule has 104 valence electrons. The minimum absolute atomic E-state index is 0.00348. The number of halogens is 1. The van der Waals surface area contributed by atoms with Gasteiger partial charge < -0.3 is 14.4 Å². The van der Waals surface area contributed by atoms with Gasteiger partial charge in [-0.1, -0.05) is 15.9 Å². The highest BCUT2D eigenvalue weighted by Gasteiger charge is 2.68. The summed E-state index contributed by atoms with van der Waals surface area (Å²) in [5, 5.41) is 0. The Bertz CT molecular complexity index is 436. The first-order valence-corrected chi connectivity index (χ1v) is 7.81. The van der Waals surface area contributed by atoms with Crippen molar-refractivity contribution in [2.24, 2.45) is 23.7 Å². The van der Waals surface area contributed by atoms with Crippen molar-refractivity contribution in [3.05, 3.63) is 0 Å². The van der Waals surface area contributed by atoms with Crippen LogP contribution in [0.4, 0.5) is 0 Å². The van der Waals surface area contributed by atoms with Gasteiger partial charge in [-0.2, -0.15) is 0 Å². The Balaban J connectivity index is 1.61. The summed E-state index contributed by atoms with van der Waals surface area (Å²) in [7, 11) is 0. The van der Waals surface area contributed by atoms with Gasteiger partial charge in [-0.3, -0.25) is 9.59 Å². The van der Waals surface area contributed by atoms with E-state index in [1.54, 1.807) is 0 Å². The molecule has 0 N–H and O–H groups in total. The molecule has 19 heavy (non-hydrogen) atoms. The molecule has 0 unspecified atom stereocenters. The van der Waals surface area contributed by atoms with E-state index >= 15 is 0 Å². The second-order valence-electron chi connectivity index (χ2n) is 5.90. The van der Waals surface area contributed by atoms with Crippen LogP contribution in [0.25, 0.3) is 0 Å². The van der Waals surface area contributed by atoms with E-state index in [0.29, 0.717) is 26.3 Å². The van der Waals surface area contributed by atoms with Gasteiger partial charge in [0.05, 0.1) is 29.9 Å². The van der Waals surface area contributed by atoms with Crippen molar-refractivity contribution < 1.29 is 19.1 Å². The maximum atomic E-state index is 12.7. The quantitative estimate of drug-likeness (QED) is 0.516. The summed E-state index contributed by atoms with van der Waals surface area (Å²) >= 11 is 3.64. The van der Waals surface area contributed by atoms with Gasteiger partial charge in [0.2, 0.25) is 5.91 Å². The third-order valence-corrected chi connectivity index (χ3v) is 6.33. The number of hydrogen-bond acceptors (Lipinski definition) is 4. The average molecular weight is 330 g/mol. The van der Waals surface area contributed by atoms with E-state index < -0.39 is 0 Å². The summed E-state index contributed by atoms with van der Waals surface area (Å²) in [5.41, 5.74) is 0. The lowest BCUT2D eigenvalue weighted by Gasteiger charge is -2.34. The van der Waals surface area contributed by atoms with Gasteiger partial charge in [-0.15, -0.1) is 0 Å². The fourth-order valence-electron chi connectivity index (χ4n) is 4.30. The van der Waals surface area contributed by atoms with Gasteiger partial charge in [-0.25, -0.2) is 0 Å². The van der Waals surface area contributed by atoms with Crippen LogP contribution in [-0.2, 0) is 19.1 Å². The average Bonchev–Trinajstić information content (AvgIpc) is 3.03. The van der Waals surface area contributed by atoms with Gasteiger partial charge >= 0.3 is 5.97 Å². The summed E-state index contributed by atoms with van der Waals surface area (Å²) in [6, 6.07) is 0. The lowest BCUT2D eigenvalue weighted by molar-refractivity contribution is -0.149. The Kier molecular flexibility index (Phi) is 2.68. The summed E-state index contributed by atoms with van der Waals surface area (Å²) in [6.45, 7) is 2.49. The molecular weight excluding hydrogens is 314 g/mol. The molecule has 0 radical (unpaired) electrons. The van der Waals surface area contributed by atoms with Crippen LogP contribution >= 0.6 is 15.9 Å². The molecule has 0 aromatic carbocycles. The SMILES string of the molecule is O=C1O[C@@H]2[C@@H](Br)[C@H]3C[C@@H]2[C@@H]1[C@@H]3C(=O)N1CCOCC1. The Morgan fingerprint density at radius 2 is 2.00 bits per heavy atom. The molecule has 4 rings (SSSR count). The molecular formula is C13H16BrNO4. The van der Waals surface area contributed by atoms with Crippen LogP contribution in [0.5, 0.6) is 0 Å². The van der Waals surface area contributed by atoms with Gasteiger partial charge in [0, 0.05) is 19.0 Å². The number of ether oxygens (including phenoxy) is 2. The van der Waals surface area contributed by atoms with E-state index in [1.807, 2.05) is 4.90 Å². The standard InChI is InChI=1S/C13H16BrNO4/c14-10-6-5-7-9(13(17)19-11(7)10)8(6)12(16)15-1-3-18-4-2-15/h6-11H,1-5H2/t6-,7+,8+,9+,10-,11-/m0/s1. The van der Waals surface area contributed by atoms with Gasteiger partial charge in [0.15, 0.2) is 0 Å². The summed E-state index contributed by atoms with van der Waals surface area (Å²) in [6.07, 6.45) is 0.939. The normalized spacial score (nSPS) is 47.6. The third-order valence-electron chi connectivity index (χ3n) is 5.13. The number of alkyl halides is 1. The van der Waals surface area contributed by atoms with E-state index in [0.717, 1.165) is 6.42 Å². The van der Waals surface area contributed by atoms with Gasteiger partial charge in [0.1, 0.15) is 6.10 Å². The maximum absolute atomic E-state index is 12.7. The largest absolute Gasteiger partial charge is 0.461 e. The van der Waals surface area contributed by atoms with E-state index in [2.05, 4.69) is 15.9 Å². The number of carbonyl (C=O) groups excluding carboxylic acids is 2. The minimum atomic E-state index is -0.195. The first-order chi connectivity index (χ1) is 9.18. The number of morpholine rings is 1. The van der Waals surface area contributed by atoms with Crippen LogP contribution < -0.4 is 0 Å². The van der Waals surface area contributed by atoms with Crippen LogP contribution in [0.3, 0.4) is 0 Å². The maximum Gasteiger partial charge on any atom is 0.310 e. The Morgan fingerprint density at radius 3 is 2.74 bits per heavy atom. The smallest absolute Gasteiger partial charge is 0.310 e. The van der Waals surface area contributed by atoms with E-state index in [-0.39, 0.29) is 46.5 Å². The molecule has 2 aliphatic heterocycles. The summed E-state index contributed by atoms with van der Waals surface area (Å²) < 4.78 is 10.7. The zero-order valence-electron chi connectivity index (χ0n) is 10.5. The van der Waals surface area contributed by atoms with Crippen molar-refractivity contribution in [3.63, 3.8) is 0 Å². The highest BCUT2D eigenvalue weighted by atomic mass is 79.9. The lowest BCUT2D eigenvalue weighted by Crippen LogP contribution is -2.49. The van der Waals surface area contributed by atoms with Gasteiger partial charge in [0.25, 0.3) is 0 Å². The number of amides is 1. The van der Waals surface area contributed by atoms with E-state index in [4.69, 9.17) is 9.47 Å². The molecule has 2 aliphatic carbocycles. The number of carbonyl (C=O) groups is 2. The fourth-order valence-corrected chi connectivity index (χ4v) is 5.35. The Morgan fingerprint density at radius 1 is 1.26 bits per heavy atom. The first-order valence-electron chi connectivity index (χ1n) is 6.89. The number of fused-ring (bicyclic) bond motifs is 1. The Labute approximate surface area is 119 Å². The third kappa shape index (κ3) is 1.56. The monoisotopic (exact) mass is 329 g/mol. The number of esters is 1. The molecule has 0 spiro atoms. The predicted molar refractivity (Wildman–Crippen MR) is 68.6 cm³/mol. The predicted octanol–water partition coefficient (Wildman–Crippen LogP) is 0.416. The topological polar surface area (TPSA) is 55.8 Å². The molecule has 2 bridgehead atoms. The molecule has 6 heteroatoms. The van der Waals surface area contributed by atoms with E-state index in [9.17, 15) is 9.59 Å². The lowest BCUT2D eigenvalue weighted by atomic mass is 9.79. The molecule has 5 nitrogen and oxygen atoms in total. The minimum Gasteiger partial charge on any atom is -0.461 e. The zero-order valence-corrected chi connectivity index (χ0v) is 12.0. The molecule has 2 saturated carbocycles. The summed E-state index contributed by atoms with van der Waals surface area (Å²) in [5.74, 6) is 0.0881. The van der Waals surface area contributed by atoms with Crippen molar-refractivity contribution in [3.8, 4) is 0 Å². The second kappa shape index (κ2) is 4.19. The molecule has 2 heterocycles. The molecule has 2 saturated heterocycles. The van der Waals surface area contributed by atoms with Crippen LogP contribution in [0.15, 0.2) is 0 Å². The molecule has 0 aromatic heterocycles. The van der Waals surface area contributed by atoms with Crippen LogP contribution in [0, 0.1) is 23.7 Å². The fraction of sp³-hybridized carbons (Fsp3) is 0.846. The van der Waals surface area contributed by atoms with Crippen LogP contribution in [-0.4, -0.2) is 54.0 Å². The number of hydrogen-bond donors (Lipinski definition) is 0. The van der Waals surface area contributed by atoms with Crippen LogP contribution in [0.2, 0.25) is 0 Å². The van der Waals surface area contributed by atoms with Crippen molar-refractivity contribution in [1.29, 1.82) is 0 Å². The highest BCUT2D eigenvalue weighted by molar-refractivity contribution is 9.09. The van der Waals surface area contributed by atoms with Crippen LogP contribution in [0.1, 0.15) is 6.42 Å². The Hall–Kier alpha value is -0.620. The molecule has 4 fully saturated rings. The molecule has 1 amide bonds. The van der Waals surface area contributed by atoms with Crippen molar-refractivity contribution >= 4 is 27.8 Å². The van der Waals surface area contributed by atoms with Crippen molar-refractivity contribution in [2.45, 2.75) is 17.4 Å². The number of rotatable bonds is 1. The van der Waals surface area contributed by atoms with E-state index in [1.165, 1.54) is 0 Å². The first kappa shape index (κ1) is 12.1. The highest BCUT2D eigenvalue weighted by Crippen LogP contribution is 2.60. The molecule has 4 aliphatic rings. The number of nitrogens with zero attached hydrogens (tertiary/aromatic N) is 1. The molecule has 6 atom stereocenters. The second-order valence-corrected chi connectivity index (χ2v) is 6.96. The summed E-state index contributed by atoms with van der Waals surface area (Å²) in [4.78, 5) is 26.7. The zero-order chi connectivity index (χ0) is 13.1. The van der Waals surface area contributed by atoms with Gasteiger partial charge in [-0.05, 0) is 12.3 Å².